The highest BCUT2D eigenvalue weighted by molar-refractivity contribution is 7.85. The topological polar surface area (TPSA) is 287 Å². The Morgan fingerprint density at radius 1 is 0.667 bits per heavy atom. The van der Waals surface area contributed by atoms with Crippen LogP contribution in [0.4, 0.5) is 23.2 Å². The number of amides is 2. The van der Waals surface area contributed by atoms with Gasteiger partial charge in [-0.05, 0) is 43.4 Å². The quantitative estimate of drug-likeness (QED) is 0.0173. The molecule has 3 aromatic rings. The first-order valence-corrected chi connectivity index (χ1v) is 28.0. The molecule has 450 valence electrons. The lowest BCUT2D eigenvalue weighted by Gasteiger charge is -2.38. The van der Waals surface area contributed by atoms with Crippen LogP contribution in [-0.2, 0) is 78.4 Å². The van der Waals surface area contributed by atoms with Gasteiger partial charge in [-0.2, -0.15) is 17.2 Å². The van der Waals surface area contributed by atoms with E-state index in [9.17, 15) is 40.4 Å². The molecule has 81 heavy (non-hydrogen) atoms. The molecule has 1 fully saturated rings. The fraction of sp³-hybridized carbons (Fsp3) is 0.585. The number of fused-ring (bicyclic) bond motifs is 1. The normalized spacial score (nSPS) is 13.5. The number of hydrogen-bond acceptors (Lipinski definition) is 20. The van der Waals surface area contributed by atoms with Crippen LogP contribution >= 0.6 is 0 Å². The van der Waals surface area contributed by atoms with Crippen molar-refractivity contribution in [2.75, 3.05) is 139 Å². The lowest BCUT2D eigenvalue weighted by molar-refractivity contribution is -0.136. The highest BCUT2D eigenvalue weighted by atomic mass is 32.2. The number of aliphatic imine (C=N–C) groups is 1. The summed E-state index contributed by atoms with van der Waals surface area (Å²) in [5.41, 5.74) is 10.1. The predicted molar refractivity (Wildman–Crippen MR) is 282 cm³/mol. The minimum Gasteiger partial charge on any atom is -0.420 e. The summed E-state index contributed by atoms with van der Waals surface area (Å²) in [7, 11) is -5.65. The van der Waals surface area contributed by atoms with E-state index in [0.29, 0.717) is 128 Å². The molecule has 23 nitrogen and oxygen atoms in total. The summed E-state index contributed by atoms with van der Waals surface area (Å²) in [6, 6.07) is 6.09. The number of benzene rings is 2. The Labute approximate surface area is 467 Å². The number of esters is 1. The zero-order valence-electron chi connectivity index (χ0n) is 45.3. The fourth-order valence-electron chi connectivity index (χ4n) is 7.62. The average Bonchev–Trinajstić information content (AvgIpc) is 3.65. The van der Waals surface area contributed by atoms with Crippen LogP contribution in [0.1, 0.15) is 63.3 Å². The second-order valence-corrected chi connectivity index (χ2v) is 19.3. The SMILES string of the molecule is CCCN(C(=O)C1=Cc2ccc(-c3cnc(CNC(=O)CCOCCOCCOCCOCCOCCOCCOCCOCCOCCOCCC(=O)Oc4c(F)c(F)c(S(=O)(=O)O)c(F)c4F)nc3)cc2N=C(N)C1)C1CCC1. The van der Waals surface area contributed by atoms with Crippen LogP contribution < -0.4 is 15.8 Å². The second kappa shape index (κ2) is 36.8. The van der Waals surface area contributed by atoms with Gasteiger partial charge in [0.25, 0.3) is 5.91 Å². The first-order chi connectivity index (χ1) is 39.2. The standard InChI is InChI=1S/C53H72F4N6O17S/c1-2-10-63(41-4-3-5-41)53(66)39-31-38-7-6-37(32-42(38)62-43(58)33-39)40-34-59-44(60-35-40)36-61-45(64)8-11-70-13-15-72-17-19-74-21-23-76-25-27-78-29-30-79-28-26-77-24-22-75-20-18-73-16-14-71-12-9-46(65)80-51-47(54)49(56)52(81(67,68)69)50(57)48(51)55/h6-7,31-32,34-35,41H,2-5,8-30,33,36H2,1H3,(H2,58,62)(H,61,64)(H,67,68,69). The van der Waals surface area contributed by atoms with Crippen molar-refractivity contribution in [2.45, 2.75) is 69.4 Å². The van der Waals surface area contributed by atoms with Crippen molar-refractivity contribution in [3.05, 3.63) is 70.8 Å². The van der Waals surface area contributed by atoms with E-state index in [1.807, 2.05) is 29.2 Å². The summed E-state index contributed by atoms with van der Waals surface area (Å²) in [5, 5.41) is 2.81. The van der Waals surface area contributed by atoms with Crippen LogP contribution in [-0.4, -0.2) is 196 Å². The van der Waals surface area contributed by atoms with E-state index < -0.39 is 56.4 Å². The number of carbonyl (C=O) groups excluding carboxylic acids is 3. The number of ether oxygens (including phenoxy) is 11. The van der Waals surface area contributed by atoms with Crippen molar-refractivity contribution < 1.29 is 97.0 Å². The molecule has 2 aromatic carbocycles. The zero-order chi connectivity index (χ0) is 58.2. The maximum Gasteiger partial charge on any atom is 0.313 e. The molecule has 4 N–H and O–H groups in total. The van der Waals surface area contributed by atoms with Crippen LogP contribution in [0.25, 0.3) is 17.2 Å². The van der Waals surface area contributed by atoms with E-state index in [-0.39, 0.29) is 64.4 Å². The number of rotatable bonds is 42. The highest BCUT2D eigenvalue weighted by Gasteiger charge is 2.34. The number of aromatic nitrogens is 2. The van der Waals surface area contributed by atoms with Crippen molar-refractivity contribution in [1.82, 2.24) is 20.2 Å². The molecule has 1 aliphatic carbocycles. The summed E-state index contributed by atoms with van der Waals surface area (Å²) in [5.74, 6) is -12.0. The van der Waals surface area contributed by atoms with Gasteiger partial charge in [0, 0.05) is 54.5 Å². The van der Waals surface area contributed by atoms with E-state index in [4.69, 9.17) is 57.7 Å². The number of hydrogen-bond donors (Lipinski definition) is 3. The van der Waals surface area contributed by atoms with Gasteiger partial charge in [0.15, 0.2) is 16.5 Å². The number of nitrogens with two attached hydrogens (primary N) is 1. The molecule has 0 atom stereocenters. The molecule has 0 bridgehead atoms. The first kappa shape index (κ1) is 66.2. The lowest BCUT2D eigenvalue weighted by Crippen LogP contribution is -2.45. The van der Waals surface area contributed by atoms with Crippen LogP contribution in [0.2, 0.25) is 0 Å². The van der Waals surface area contributed by atoms with E-state index in [1.165, 1.54) is 0 Å². The third-order valence-corrected chi connectivity index (χ3v) is 12.8. The minimum atomic E-state index is -5.65. The molecule has 28 heteroatoms. The van der Waals surface area contributed by atoms with E-state index >= 15 is 0 Å². The maximum absolute atomic E-state index is 14.0. The molecule has 5 rings (SSSR count). The molecular weight excluding hydrogens is 1100 g/mol. The van der Waals surface area contributed by atoms with E-state index in [0.717, 1.165) is 48.9 Å². The first-order valence-electron chi connectivity index (χ1n) is 26.6. The number of nitrogens with one attached hydrogen (secondary N) is 1. The smallest absolute Gasteiger partial charge is 0.313 e. The van der Waals surface area contributed by atoms with Crippen LogP contribution in [0.15, 0.2) is 46.1 Å². The molecule has 2 amide bonds. The third kappa shape index (κ3) is 23.6. The van der Waals surface area contributed by atoms with Crippen molar-refractivity contribution in [2.24, 2.45) is 10.7 Å². The van der Waals surface area contributed by atoms with Crippen molar-refractivity contribution in [3.63, 3.8) is 0 Å². The lowest BCUT2D eigenvalue weighted by atomic mass is 9.90. The molecule has 1 aliphatic heterocycles. The maximum atomic E-state index is 14.0. The summed E-state index contributed by atoms with van der Waals surface area (Å²) in [4.78, 5) is 51.0. The minimum absolute atomic E-state index is 0.0169. The number of amidine groups is 1. The number of halogens is 4. The summed E-state index contributed by atoms with van der Waals surface area (Å²) in [6.07, 6.45) is 9.32. The van der Waals surface area contributed by atoms with Gasteiger partial charge in [0.2, 0.25) is 23.3 Å². The summed E-state index contributed by atoms with van der Waals surface area (Å²) in [6.45, 7) is 8.74. The second-order valence-electron chi connectivity index (χ2n) is 18.0. The van der Waals surface area contributed by atoms with Gasteiger partial charge in [0.05, 0.1) is 151 Å². The average molecular weight is 1170 g/mol. The Bertz CT molecular complexity index is 2590. The van der Waals surface area contributed by atoms with Gasteiger partial charge in [-0.3, -0.25) is 18.9 Å². The van der Waals surface area contributed by atoms with E-state index in [1.54, 1.807) is 12.4 Å². The van der Waals surface area contributed by atoms with Gasteiger partial charge in [0.1, 0.15) is 11.7 Å². The predicted octanol–water partition coefficient (Wildman–Crippen LogP) is 4.68. The molecule has 0 radical (unpaired) electrons. The van der Waals surface area contributed by atoms with Crippen molar-refractivity contribution >= 4 is 45.5 Å². The molecule has 1 aromatic heterocycles. The molecule has 1 saturated carbocycles. The highest BCUT2D eigenvalue weighted by Crippen LogP contribution is 2.35. The number of carbonyl (C=O) groups is 3. The molecule has 0 spiro atoms. The van der Waals surface area contributed by atoms with Crippen molar-refractivity contribution in [1.29, 1.82) is 0 Å². The summed E-state index contributed by atoms with van der Waals surface area (Å²) >= 11 is 0. The van der Waals surface area contributed by atoms with Crippen LogP contribution in [0, 0.1) is 23.3 Å². The van der Waals surface area contributed by atoms with Gasteiger partial charge in [-0.15, -0.1) is 0 Å². The third-order valence-electron chi connectivity index (χ3n) is 11.9. The number of nitrogens with zero attached hydrogens (tertiary/aromatic N) is 4. The van der Waals surface area contributed by atoms with Gasteiger partial charge in [-0.1, -0.05) is 19.1 Å². The molecule has 0 saturated heterocycles. The van der Waals surface area contributed by atoms with Crippen molar-refractivity contribution in [3.8, 4) is 16.9 Å². The monoisotopic (exact) mass is 1170 g/mol. The largest absolute Gasteiger partial charge is 0.420 e. The molecule has 2 heterocycles. The Hall–Kier alpha value is -5.63. The van der Waals surface area contributed by atoms with Gasteiger partial charge >= 0.3 is 16.1 Å². The van der Waals surface area contributed by atoms with Crippen LogP contribution in [0.5, 0.6) is 5.75 Å². The fourth-order valence-corrected chi connectivity index (χ4v) is 8.25. The molecule has 0 unspecified atom stereocenters. The van der Waals surface area contributed by atoms with Crippen LogP contribution in [0.3, 0.4) is 0 Å². The Balaban J connectivity index is 0.735. The van der Waals surface area contributed by atoms with E-state index in [2.05, 4.69) is 31.9 Å². The molecule has 2 aliphatic rings. The Morgan fingerprint density at radius 3 is 1.56 bits per heavy atom. The summed E-state index contributed by atoms with van der Waals surface area (Å²) < 4.78 is 145. The zero-order valence-corrected chi connectivity index (χ0v) is 46.1. The molecular formula is C53H72F4N6O17S. The Kier molecular flexibility index (Phi) is 30.0. The Morgan fingerprint density at radius 2 is 1.12 bits per heavy atom. The van der Waals surface area contributed by atoms with Gasteiger partial charge < -0.3 is 68.1 Å². The van der Waals surface area contributed by atoms with Gasteiger partial charge in [-0.25, -0.2) is 23.7 Å².